The Labute approximate surface area is 102 Å². The molecule has 0 saturated carbocycles. The number of benzene rings is 1. The molecule has 0 spiro atoms. The van der Waals surface area contributed by atoms with Crippen LogP contribution in [0.2, 0.25) is 0 Å². The average molecular weight is 230 g/mol. The van der Waals surface area contributed by atoms with Crippen molar-refractivity contribution in [2.45, 2.75) is 13.5 Å². The summed E-state index contributed by atoms with van der Waals surface area (Å²) in [4.78, 5) is 6.48. The second-order valence-electron chi connectivity index (χ2n) is 4.36. The largest absolute Gasteiger partial charge is 0.399 e. The SMILES string of the molecule is Cc1ccc(N)cc1N(C)Cc1nccn1C. The third-order valence-electron chi connectivity index (χ3n) is 2.94. The van der Waals surface area contributed by atoms with Gasteiger partial charge in [-0.25, -0.2) is 4.98 Å². The molecule has 1 heterocycles. The van der Waals surface area contributed by atoms with Crippen molar-refractivity contribution in [3.05, 3.63) is 42.0 Å². The van der Waals surface area contributed by atoms with E-state index < -0.39 is 0 Å². The Morgan fingerprint density at radius 3 is 2.82 bits per heavy atom. The fourth-order valence-electron chi connectivity index (χ4n) is 1.88. The number of hydrogen-bond acceptors (Lipinski definition) is 3. The maximum atomic E-state index is 5.82. The van der Waals surface area contributed by atoms with Crippen LogP contribution in [-0.4, -0.2) is 16.6 Å². The lowest BCUT2D eigenvalue weighted by atomic mass is 10.1. The molecule has 0 amide bonds. The van der Waals surface area contributed by atoms with Crippen LogP contribution < -0.4 is 10.6 Å². The minimum absolute atomic E-state index is 0.772. The minimum atomic E-state index is 0.772. The van der Waals surface area contributed by atoms with E-state index in [0.717, 1.165) is 23.7 Å². The monoisotopic (exact) mass is 230 g/mol. The molecular formula is C13H18N4. The number of nitrogens with two attached hydrogens (primary N) is 1. The van der Waals surface area contributed by atoms with Crippen LogP contribution in [-0.2, 0) is 13.6 Å². The highest BCUT2D eigenvalue weighted by molar-refractivity contribution is 5.60. The van der Waals surface area contributed by atoms with E-state index in [0.29, 0.717) is 0 Å². The molecule has 2 rings (SSSR count). The Kier molecular flexibility index (Phi) is 3.04. The molecule has 2 aromatic rings. The summed E-state index contributed by atoms with van der Waals surface area (Å²) in [6.07, 6.45) is 3.77. The Morgan fingerprint density at radius 2 is 2.18 bits per heavy atom. The quantitative estimate of drug-likeness (QED) is 0.820. The van der Waals surface area contributed by atoms with Crippen molar-refractivity contribution in [2.75, 3.05) is 17.7 Å². The molecule has 1 aromatic heterocycles. The first-order valence-electron chi connectivity index (χ1n) is 5.61. The van der Waals surface area contributed by atoms with Gasteiger partial charge in [0.15, 0.2) is 0 Å². The molecule has 0 unspecified atom stereocenters. The molecule has 0 aliphatic carbocycles. The van der Waals surface area contributed by atoms with Crippen LogP contribution in [0, 0.1) is 6.92 Å². The van der Waals surface area contributed by atoms with Gasteiger partial charge < -0.3 is 15.2 Å². The maximum Gasteiger partial charge on any atom is 0.127 e. The second-order valence-corrected chi connectivity index (χ2v) is 4.36. The molecule has 1 aromatic carbocycles. The van der Waals surface area contributed by atoms with Gasteiger partial charge in [-0.3, -0.25) is 0 Å². The molecule has 0 bridgehead atoms. The normalized spacial score (nSPS) is 10.5. The van der Waals surface area contributed by atoms with Gasteiger partial charge >= 0.3 is 0 Å². The van der Waals surface area contributed by atoms with E-state index in [4.69, 9.17) is 5.73 Å². The van der Waals surface area contributed by atoms with Crippen molar-refractivity contribution in [2.24, 2.45) is 7.05 Å². The Balaban J connectivity index is 2.23. The van der Waals surface area contributed by atoms with Crippen LogP contribution in [0.25, 0.3) is 0 Å². The molecule has 4 heteroatoms. The van der Waals surface area contributed by atoms with E-state index in [2.05, 4.69) is 23.9 Å². The summed E-state index contributed by atoms with van der Waals surface area (Å²) in [5.41, 5.74) is 8.97. The number of hydrogen-bond donors (Lipinski definition) is 1. The molecule has 2 N–H and O–H groups in total. The predicted octanol–water partition coefficient (Wildman–Crippen LogP) is 1.95. The van der Waals surface area contributed by atoms with Crippen LogP contribution >= 0.6 is 0 Å². The molecule has 0 aliphatic rings. The summed E-state index contributed by atoms with van der Waals surface area (Å²) < 4.78 is 2.03. The van der Waals surface area contributed by atoms with Crippen LogP contribution in [0.4, 0.5) is 11.4 Å². The molecule has 0 saturated heterocycles. The van der Waals surface area contributed by atoms with Gasteiger partial charge in [0, 0.05) is 37.9 Å². The van der Waals surface area contributed by atoms with Crippen molar-refractivity contribution in [3.8, 4) is 0 Å². The number of imidazole rings is 1. The fraction of sp³-hybridized carbons (Fsp3) is 0.308. The third-order valence-corrected chi connectivity index (χ3v) is 2.94. The summed E-state index contributed by atoms with van der Waals surface area (Å²) in [6, 6.07) is 5.96. The van der Waals surface area contributed by atoms with Crippen LogP contribution in [0.1, 0.15) is 11.4 Å². The average Bonchev–Trinajstić information content (AvgIpc) is 2.68. The molecule has 90 valence electrons. The van der Waals surface area contributed by atoms with Gasteiger partial charge in [0.25, 0.3) is 0 Å². The summed E-state index contributed by atoms with van der Waals surface area (Å²) in [7, 11) is 4.05. The van der Waals surface area contributed by atoms with Crippen molar-refractivity contribution in [3.63, 3.8) is 0 Å². The smallest absolute Gasteiger partial charge is 0.127 e. The zero-order valence-corrected chi connectivity index (χ0v) is 10.5. The standard InChI is InChI=1S/C13H18N4/c1-10-4-5-11(14)8-12(10)17(3)9-13-15-6-7-16(13)2/h4-8H,9,14H2,1-3H3. The van der Waals surface area contributed by atoms with Crippen LogP contribution in [0.15, 0.2) is 30.6 Å². The maximum absolute atomic E-state index is 5.82. The Morgan fingerprint density at radius 1 is 1.41 bits per heavy atom. The van der Waals surface area contributed by atoms with E-state index >= 15 is 0 Å². The molecule has 0 fully saturated rings. The fourth-order valence-corrected chi connectivity index (χ4v) is 1.88. The number of aryl methyl sites for hydroxylation is 2. The molecule has 0 radical (unpaired) electrons. The van der Waals surface area contributed by atoms with Crippen LogP contribution in [0.3, 0.4) is 0 Å². The summed E-state index contributed by atoms with van der Waals surface area (Å²) in [6.45, 7) is 2.86. The summed E-state index contributed by atoms with van der Waals surface area (Å²) in [5, 5.41) is 0. The summed E-state index contributed by atoms with van der Waals surface area (Å²) >= 11 is 0. The first kappa shape index (κ1) is 11.5. The van der Waals surface area contributed by atoms with Crippen molar-refractivity contribution in [1.82, 2.24) is 9.55 Å². The van der Waals surface area contributed by atoms with E-state index in [1.165, 1.54) is 5.56 Å². The highest BCUT2D eigenvalue weighted by atomic mass is 15.2. The van der Waals surface area contributed by atoms with Gasteiger partial charge in [0.05, 0.1) is 6.54 Å². The molecule has 0 aliphatic heterocycles. The van der Waals surface area contributed by atoms with Crippen molar-refractivity contribution >= 4 is 11.4 Å². The lowest BCUT2D eigenvalue weighted by Crippen LogP contribution is -2.20. The van der Waals surface area contributed by atoms with Crippen LogP contribution in [0.5, 0.6) is 0 Å². The van der Waals surface area contributed by atoms with E-state index in [-0.39, 0.29) is 0 Å². The lowest BCUT2D eigenvalue weighted by Gasteiger charge is -2.21. The third kappa shape index (κ3) is 2.41. The number of aromatic nitrogens is 2. The summed E-state index contributed by atoms with van der Waals surface area (Å²) in [5.74, 6) is 1.04. The highest BCUT2D eigenvalue weighted by Crippen LogP contribution is 2.22. The highest BCUT2D eigenvalue weighted by Gasteiger charge is 2.08. The number of nitrogen functional groups attached to an aromatic ring is 1. The van der Waals surface area contributed by atoms with Gasteiger partial charge in [0.2, 0.25) is 0 Å². The Hall–Kier alpha value is -1.97. The molecule has 0 atom stereocenters. The molecular weight excluding hydrogens is 212 g/mol. The molecule has 4 nitrogen and oxygen atoms in total. The van der Waals surface area contributed by atoms with E-state index in [9.17, 15) is 0 Å². The predicted molar refractivity (Wildman–Crippen MR) is 70.9 cm³/mol. The van der Waals surface area contributed by atoms with E-state index in [1.54, 1.807) is 0 Å². The number of anilines is 2. The first-order chi connectivity index (χ1) is 8.08. The van der Waals surface area contributed by atoms with Crippen molar-refractivity contribution in [1.29, 1.82) is 0 Å². The number of rotatable bonds is 3. The van der Waals surface area contributed by atoms with Gasteiger partial charge in [-0.15, -0.1) is 0 Å². The van der Waals surface area contributed by atoms with Gasteiger partial charge in [-0.2, -0.15) is 0 Å². The zero-order chi connectivity index (χ0) is 12.4. The van der Waals surface area contributed by atoms with Gasteiger partial charge in [-0.1, -0.05) is 6.07 Å². The van der Waals surface area contributed by atoms with Crippen molar-refractivity contribution < 1.29 is 0 Å². The zero-order valence-electron chi connectivity index (χ0n) is 10.5. The minimum Gasteiger partial charge on any atom is -0.399 e. The number of nitrogens with zero attached hydrogens (tertiary/aromatic N) is 3. The molecule has 17 heavy (non-hydrogen) atoms. The second kappa shape index (κ2) is 4.49. The van der Waals surface area contributed by atoms with E-state index in [1.807, 2.05) is 42.2 Å². The van der Waals surface area contributed by atoms with Gasteiger partial charge in [0.1, 0.15) is 5.82 Å². The first-order valence-corrected chi connectivity index (χ1v) is 5.61. The topological polar surface area (TPSA) is 47.1 Å². The van der Waals surface area contributed by atoms with Gasteiger partial charge in [-0.05, 0) is 24.6 Å². The Bertz CT molecular complexity index is 516. The lowest BCUT2D eigenvalue weighted by molar-refractivity contribution is 0.760.